The maximum absolute atomic E-state index is 10.7. The Morgan fingerprint density at radius 1 is 1.24 bits per heavy atom. The second kappa shape index (κ2) is 5.61. The van der Waals surface area contributed by atoms with Crippen LogP contribution in [-0.4, -0.2) is 26.4 Å². The van der Waals surface area contributed by atoms with Crippen LogP contribution in [0, 0.1) is 6.92 Å². The van der Waals surface area contributed by atoms with Crippen molar-refractivity contribution in [1.82, 2.24) is 9.55 Å². The summed E-state index contributed by atoms with van der Waals surface area (Å²) < 4.78 is 1.94. The highest BCUT2D eigenvalue weighted by atomic mass is 32.2. The second-order valence-electron chi connectivity index (χ2n) is 4.75. The molecule has 0 bridgehead atoms. The Morgan fingerprint density at radius 3 is 2.76 bits per heavy atom. The van der Waals surface area contributed by atoms with Gasteiger partial charge in [0.2, 0.25) is 0 Å². The molecule has 0 fully saturated rings. The fraction of sp³-hybridized carbons (Fsp3) is 0.125. The zero-order valence-corrected chi connectivity index (χ0v) is 12.3. The molecule has 0 aliphatic heterocycles. The predicted molar refractivity (Wildman–Crippen MR) is 84.2 cm³/mol. The van der Waals surface area contributed by atoms with E-state index in [-0.39, 0.29) is 5.75 Å². The summed E-state index contributed by atoms with van der Waals surface area (Å²) in [5.41, 5.74) is 1.86. The fourth-order valence-corrected chi connectivity index (χ4v) is 2.97. The SMILES string of the molecule is Cc1cn(-c2ccc3ccccc3c2)c(SCC(=O)O)n1. The number of benzene rings is 2. The number of hydrogen-bond acceptors (Lipinski definition) is 3. The van der Waals surface area contributed by atoms with Crippen molar-refractivity contribution in [3.8, 4) is 5.69 Å². The molecule has 2 aromatic carbocycles. The Balaban J connectivity index is 2.03. The first-order valence-corrected chi connectivity index (χ1v) is 7.52. The van der Waals surface area contributed by atoms with Gasteiger partial charge in [-0.15, -0.1) is 0 Å². The molecule has 0 saturated heterocycles. The third kappa shape index (κ3) is 2.92. The van der Waals surface area contributed by atoms with E-state index in [1.807, 2.05) is 35.9 Å². The molecule has 0 aliphatic carbocycles. The second-order valence-corrected chi connectivity index (χ2v) is 5.69. The topological polar surface area (TPSA) is 55.1 Å². The normalized spacial score (nSPS) is 10.9. The highest BCUT2D eigenvalue weighted by molar-refractivity contribution is 7.99. The van der Waals surface area contributed by atoms with E-state index < -0.39 is 5.97 Å². The van der Waals surface area contributed by atoms with Crippen molar-refractivity contribution in [2.45, 2.75) is 12.1 Å². The lowest BCUT2D eigenvalue weighted by Gasteiger charge is -2.08. The molecule has 0 unspecified atom stereocenters. The van der Waals surface area contributed by atoms with Gasteiger partial charge in [-0.1, -0.05) is 42.1 Å². The van der Waals surface area contributed by atoms with Gasteiger partial charge in [-0.3, -0.25) is 9.36 Å². The van der Waals surface area contributed by atoms with Gasteiger partial charge in [0.05, 0.1) is 11.4 Å². The number of carboxylic acid groups (broad SMARTS) is 1. The molecule has 3 aromatic rings. The predicted octanol–water partition coefficient (Wildman–Crippen LogP) is 3.51. The van der Waals surface area contributed by atoms with Crippen LogP contribution in [0.2, 0.25) is 0 Å². The summed E-state index contributed by atoms with van der Waals surface area (Å²) in [7, 11) is 0. The van der Waals surface area contributed by atoms with Crippen LogP contribution in [0.15, 0.2) is 53.8 Å². The van der Waals surface area contributed by atoms with Gasteiger partial charge < -0.3 is 5.11 Å². The molecule has 5 heteroatoms. The van der Waals surface area contributed by atoms with Gasteiger partial charge >= 0.3 is 5.97 Å². The Morgan fingerprint density at radius 2 is 2.00 bits per heavy atom. The molecule has 0 radical (unpaired) electrons. The lowest BCUT2D eigenvalue weighted by molar-refractivity contribution is -0.133. The van der Waals surface area contributed by atoms with Crippen molar-refractivity contribution >= 4 is 28.5 Å². The van der Waals surface area contributed by atoms with Crippen LogP contribution in [0.4, 0.5) is 0 Å². The monoisotopic (exact) mass is 298 g/mol. The minimum atomic E-state index is -0.842. The van der Waals surface area contributed by atoms with Crippen LogP contribution < -0.4 is 0 Å². The zero-order valence-electron chi connectivity index (χ0n) is 11.5. The minimum Gasteiger partial charge on any atom is -0.481 e. The first kappa shape index (κ1) is 13.7. The minimum absolute atomic E-state index is 0.00400. The van der Waals surface area contributed by atoms with Gasteiger partial charge in [0.25, 0.3) is 0 Å². The summed E-state index contributed by atoms with van der Waals surface area (Å²) in [4.78, 5) is 15.1. The molecule has 1 heterocycles. The number of carbonyl (C=O) groups is 1. The lowest BCUT2D eigenvalue weighted by atomic mass is 10.1. The summed E-state index contributed by atoms with van der Waals surface area (Å²) in [5, 5.41) is 11.9. The molecule has 0 spiro atoms. The average Bonchev–Trinajstić information content (AvgIpc) is 2.85. The molecule has 0 aliphatic rings. The van der Waals surface area contributed by atoms with E-state index in [2.05, 4.69) is 29.2 Å². The number of hydrogen-bond donors (Lipinski definition) is 1. The van der Waals surface area contributed by atoms with Crippen molar-refractivity contribution in [2.24, 2.45) is 0 Å². The number of aliphatic carboxylic acids is 1. The Labute approximate surface area is 126 Å². The van der Waals surface area contributed by atoms with E-state index in [0.29, 0.717) is 5.16 Å². The first-order valence-electron chi connectivity index (χ1n) is 6.53. The third-order valence-corrected chi connectivity index (χ3v) is 4.07. The number of thioether (sulfide) groups is 1. The summed E-state index contributed by atoms with van der Waals surface area (Å²) in [6, 6.07) is 14.3. The van der Waals surface area contributed by atoms with Crippen molar-refractivity contribution < 1.29 is 9.90 Å². The van der Waals surface area contributed by atoms with Gasteiger partial charge in [-0.05, 0) is 29.8 Å². The van der Waals surface area contributed by atoms with E-state index in [1.54, 1.807) is 0 Å². The number of fused-ring (bicyclic) bond motifs is 1. The molecule has 1 aromatic heterocycles. The Bertz CT molecular complexity index is 811. The number of aromatic nitrogens is 2. The van der Waals surface area contributed by atoms with E-state index in [0.717, 1.165) is 16.8 Å². The molecule has 4 nitrogen and oxygen atoms in total. The Kier molecular flexibility index (Phi) is 3.66. The van der Waals surface area contributed by atoms with Crippen LogP contribution in [0.25, 0.3) is 16.5 Å². The number of rotatable bonds is 4. The molecular formula is C16H14N2O2S. The van der Waals surface area contributed by atoms with Crippen LogP contribution in [-0.2, 0) is 4.79 Å². The number of carboxylic acids is 1. The number of aryl methyl sites for hydroxylation is 1. The summed E-state index contributed by atoms with van der Waals surface area (Å²) in [6.07, 6.45) is 1.92. The molecule has 0 amide bonds. The summed E-state index contributed by atoms with van der Waals surface area (Å²) in [6.45, 7) is 1.91. The number of nitrogens with zero attached hydrogens (tertiary/aromatic N) is 2. The van der Waals surface area contributed by atoms with E-state index in [9.17, 15) is 4.79 Å². The molecular weight excluding hydrogens is 284 g/mol. The standard InChI is InChI=1S/C16H14N2O2S/c1-11-9-18(16(17-11)21-10-15(19)20)14-7-6-12-4-2-3-5-13(12)8-14/h2-9H,10H2,1H3,(H,19,20). The van der Waals surface area contributed by atoms with Gasteiger partial charge in [0, 0.05) is 11.9 Å². The largest absolute Gasteiger partial charge is 0.481 e. The lowest BCUT2D eigenvalue weighted by Crippen LogP contribution is -2.01. The van der Waals surface area contributed by atoms with Gasteiger partial charge in [0.1, 0.15) is 0 Å². The van der Waals surface area contributed by atoms with Crippen molar-refractivity contribution in [3.63, 3.8) is 0 Å². The summed E-state index contributed by atoms with van der Waals surface area (Å²) in [5.74, 6) is -0.838. The van der Waals surface area contributed by atoms with Gasteiger partial charge in [-0.25, -0.2) is 4.98 Å². The first-order chi connectivity index (χ1) is 10.1. The quantitative estimate of drug-likeness (QED) is 0.749. The highest BCUT2D eigenvalue weighted by Crippen LogP contribution is 2.24. The molecule has 21 heavy (non-hydrogen) atoms. The van der Waals surface area contributed by atoms with Crippen LogP contribution in [0.1, 0.15) is 5.69 Å². The maximum Gasteiger partial charge on any atom is 0.313 e. The molecule has 3 rings (SSSR count). The van der Waals surface area contributed by atoms with Crippen molar-refractivity contribution in [3.05, 3.63) is 54.4 Å². The van der Waals surface area contributed by atoms with E-state index in [4.69, 9.17) is 5.11 Å². The molecule has 0 atom stereocenters. The summed E-state index contributed by atoms with van der Waals surface area (Å²) >= 11 is 1.23. The smallest absolute Gasteiger partial charge is 0.313 e. The van der Waals surface area contributed by atoms with Gasteiger partial charge in [-0.2, -0.15) is 0 Å². The zero-order chi connectivity index (χ0) is 14.8. The molecule has 1 N–H and O–H groups in total. The van der Waals surface area contributed by atoms with Crippen molar-refractivity contribution in [1.29, 1.82) is 0 Å². The van der Waals surface area contributed by atoms with Crippen LogP contribution in [0.3, 0.4) is 0 Å². The average molecular weight is 298 g/mol. The van der Waals surface area contributed by atoms with Crippen LogP contribution >= 0.6 is 11.8 Å². The maximum atomic E-state index is 10.7. The molecule has 0 saturated carbocycles. The number of imidazole rings is 1. The molecule has 106 valence electrons. The van der Waals surface area contributed by atoms with E-state index in [1.165, 1.54) is 17.1 Å². The van der Waals surface area contributed by atoms with E-state index >= 15 is 0 Å². The fourth-order valence-electron chi connectivity index (χ4n) is 2.22. The van der Waals surface area contributed by atoms with Crippen molar-refractivity contribution in [2.75, 3.05) is 5.75 Å². The highest BCUT2D eigenvalue weighted by Gasteiger charge is 2.10. The Hall–Kier alpha value is -2.27. The van der Waals surface area contributed by atoms with Crippen LogP contribution in [0.5, 0.6) is 0 Å². The third-order valence-electron chi connectivity index (χ3n) is 3.13. The van der Waals surface area contributed by atoms with Gasteiger partial charge in [0.15, 0.2) is 5.16 Å².